The minimum absolute atomic E-state index is 0. The van der Waals surface area contributed by atoms with Gasteiger partial charge in [0.2, 0.25) is 10.0 Å². The summed E-state index contributed by atoms with van der Waals surface area (Å²) < 4.78 is 27.7. The number of hydrogen-bond acceptors (Lipinski definition) is 4. The maximum absolute atomic E-state index is 13.3. The van der Waals surface area contributed by atoms with Crippen LogP contribution < -0.4 is 15.4 Å². The zero-order chi connectivity index (χ0) is 19.2. The molecule has 0 saturated heterocycles. The maximum atomic E-state index is 13.3. The number of carbonyl (C=O) groups excluding carboxylic acids is 1. The summed E-state index contributed by atoms with van der Waals surface area (Å²) in [6, 6.07) is 10.3. The molecular formula is C20H24ClN3O3S. The molecule has 150 valence electrons. The first kappa shape index (κ1) is 20.6. The van der Waals surface area contributed by atoms with Crippen molar-refractivity contribution in [2.24, 2.45) is 0 Å². The second-order valence-corrected chi connectivity index (χ2v) is 8.99. The molecule has 0 atom stereocenters. The van der Waals surface area contributed by atoms with Gasteiger partial charge in [-0.2, -0.15) is 0 Å². The molecule has 0 radical (unpaired) electrons. The van der Waals surface area contributed by atoms with Gasteiger partial charge in [0, 0.05) is 29.5 Å². The van der Waals surface area contributed by atoms with Gasteiger partial charge in [0.15, 0.2) is 0 Å². The number of sulfonamides is 1. The van der Waals surface area contributed by atoms with Crippen LogP contribution in [0.15, 0.2) is 41.3 Å². The third-order valence-electron chi connectivity index (χ3n) is 5.18. The lowest BCUT2D eigenvalue weighted by Crippen LogP contribution is -2.36. The second-order valence-electron chi connectivity index (χ2n) is 7.28. The van der Waals surface area contributed by atoms with Gasteiger partial charge in [-0.25, -0.2) is 13.1 Å². The molecule has 1 amide bonds. The van der Waals surface area contributed by atoms with Crippen molar-refractivity contribution < 1.29 is 13.2 Å². The summed E-state index contributed by atoms with van der Waals surface area (Å²) in [6.07, 6.45) is 3.39. The van der Waals surface area contributed by atoms with Gasteiger partial charge in [-0.1, -0.05) is 12.1 Å². The first-order valence-electron chi connectivity index (χ1n) is 9.19. The second kappa shape index (κ2) is 7.73. The maximum Gasteiger partial charge on any atom is 0.258 e. The number of rotatable bonds is 4. The van der Waals surface area contributed by atoms with E-state index < -0.39 is 10.0 Å². The molecule has 1 heterocycles. The largest absolute Gasteiger partial charge is 0.398 e. The molecule has 2 aromatic rings. The summed E-state index contributed by atoms with van der Waals surface area (Å²) >= 11 is 0. The molecular weight excluding hydrogens is 398 g/mol. The van der Waals surface area contributed by atoms with E-state index in [1.54, 1.807) is 17.0 Å². The predicted octanol–water partition coefficient (Wildman–Crippen LogP) is 3.03. The number of aryl methyl sites for hydroxylation is 1. The van der Waals surface area contributed by atoms with Crippen molar-refractivity contribution in [1.29, 1.82) is 0 Å². The Kier molecular flexibility index (Phi) is 5.70. The van der Waals surface area contributed by atoms with Gasteiger partial charge in [0.1, 0.15) is 0 Å². The highest BCUT2D eigenvalue weighted by molar-refractivity contribution is 7.89. The van der Waals surface area contributed by atoms with Gasteiger partial charge in [0.25, 0.3) is 5.91 Å². The van der Waals surface area contributed by atoms with Gasteiger partial charge in [-0.05, 0) is 68.0 Å². The van der Waals surface area contributed by atoms with Crippen molar-refractivity contribution in [1.82, 2.24) is 4.72 Å². The van der Waals surface area contributed by atoms with Crippen LogP contribution in [0.4, 0.5) is 11.4 Å². The number of nitrogens with one attached hydrogen (secondary N) is 1. The molecule has 1 fully saturated rings. The summed E-state index contributed by atoms with van der Waals surface area (Å²) in [5.74, 6) is -0.192. The third-order valence-corrected chi connectivity index (χ3v) is 6.70. The highest BCUT2D eigenvalue weighted by atomic mass is 35.5. The molecule has 2 aromatic carbocycles. The number of nitrogen functional groups attached to an aromatic ring is 1. The van der Waals surface area contributed by atoms with Crippen LogP contribution >= 0.6 is 12.4 Å². The molecule has 4 rings (SSSR count). The van der Waals surface area contributed by atoms with Crippen LogP contribution in [0.1, 0.15) is 40.7 Å². The zero-order valence-corrected chi connectivity index (χ0v) is 17.3. The monoisotopic (exact) mass is 421 g/mol. The van der Waals surface area contributed by atoms with Crippen LogP contribution in [0.25, 0.3) is 0 Å². The SMILES string of the molecule is Cc1ccc(S(=O)(=O)NC2CC2)cc1C(=O)N1CCCc2c(N)cccc21.Cl. The van der Waals surface area contributed by atoms with Crippen molar-refractivity contribution in [3.8, 4) is 0 Å². The van der Waals surface area contributed by atoms with Crippen molar-refractivity contribution in [3.05, 3.63) is 53.1 Å². The van der Waals surface area contributed by atoms with E-state index in [0.29, 0.717) is 17.8 Å². The highest BCUT2D eigenvalue weighted by Crippen LogP contribution is 2.33. The molecule has 0 aromatic heterocycles. The Hall–Kier alpha value is -2.09. The summed E-state index contributed by atoms with van der Waals surface area (Å²) in [4.78, 5) is 15.1. The summed E-state index contributed by atoms with van der Waals surface area (Å²) in [7, 11) is -3.61. The number of carbonyl (C=O) groups is 1. The molecule has 8 heteroatoms. The molecule has 1 saturated carbocycles. The van der Waals surface area contributed by atoms with Crippen LogP contribution in [0, 0.1) is 6.92 Å². The molecule has 1 aliphatic carbocycles. The molecule has 0 bridgehead atoms. The van der Waals surface area contributed by atoms with Crippen LogP contribution in [0.2, 0.25) is 0 Å². The van der Waals surface area contributed by atoms with E-state index in [-0.39, 0.29) is 29.3 Å². The van der Waals surface area contributed by atoms with Crippen molar-refractivity contribution in [2.75, 3.05) is 17.2 Å². The van der Waals surface area contributed by atoms with E-state index in [1.807, 2.05) is 25.1 Å². The quantitative estimate of drug-likeness (QED) is 0.742. The Balaban J connectivity index is 0.00000225. The van der Waals surface area contributed by atoms with E-state index in [4.69, 9.17) is 5.73 Å². The van der Waals surface area contributed by atoms with Crippen molar-refractivity contribution in [2.45, 2.75) is 43.5 Å². The Labute approximate surface area is 171 Å². The van der Waals surface area contributed by atoms with Crippen LogP contribution in [-0.4, -0.2) is 26.9 Å². The summed E-state index contributed by atoms with van der Waals surface area (Å²) in [5, 5.41) is 0. The molecule has 1 aliphatic heterocycles. The van der Waals surface area contributed by atoms with Crippen molar-refractivity contribution in [3.63, 3.8) is 0 Å². The van der Waals surface area contributed by atoms with E-state index in [9.17, 15) is 13.2 Å². The first-order chi connectivity index (χ1) is 12.9. The first-order valence-corrected chi connectivity index (χ1v) is 10.7. The number of benzene rings is 2. The number of nitrogens with zero attached hydrogens (tertiary/aromatic N) is 1. The lowest BCUT2D eigenvalue weighted by Gasteiger charge is -2.30. The normalized spacial score (nSPS) is 16.2. The number of hydrogen-bond donors (Lipinski definition) is 2. The van der Waals surface area contributed by atoms with Gasteiger partial charge in [-0.15, -0.1) is 12.4 Å². The number of fused-ring (bicyclic) bond motifs is 1. The molecule has 6 nitrogen and oxygen atoms in total. The highest BCUT2D eigenvalue weighted by Gasteiger charge is 2.30. The van der Waals surface area contributed by atoms with Gasteiger partial charge < -0.3 is 10.6 Å². The number of anilines is 2. The number of nitrogens with two attached hydrogens (primary N) is 1. The summed E-state index contributed by atoms with van der Waals surface area (Å²) in [6.45, 7) is 2.41. The molecule has 3 N–H and O–H groups in total. The van der Waals surface area contributed by atoms with E-state index in [2.05, 4.69) is 4.72 Å². The van der Waals surface area contributed by atoms with Gasteiger partial charge in [-0.3, -0.25) is 4.79 Å². The van der Waals surface area contributed by atoms with Crippen molar-refractivity contribution >= 4 is 39.7 Å². The topological polar surface area (TPSA) is 92.5 Å². The Morgan fingerprint density at radius 2 is 1.96 bits per heavy atom. The van der Waals surface area contributed by atoms with Crippen LogP contribution in [-0.2, 0) is 16.4 Å². The fourth-order valence-corrected chi connectivity index (χ4v) is 4.83. The fourth-order valence-electron chi connectivity index (χ4n) is 3.50. The Morgan fingerprint density at radius 1 is 1.21 bits per heavy atom. The van der Waals surface area contributed by atoms with E-state index in [1.165, 1.54) is 6.07 Å². The molecule has 2 aliphatic rings. The molecule has 28 heavy (non-hydrogen) atoms. The van der Waals surface area contributed by atoms with E-state index >= 15 is 0 Å². The minimum atomic E-state index is -3.61. The van der Waals surface area contributed by atoms with Crippen LogP contribution in [0.5, 0.6) is 0 Å². The average molecular weight is 422 g/mol. The third kappa shape index (κ3) is 3.87. The minimum Gasteiger partial charge on any atom is -0.398 e. The van der Waals surface area contributed by atoms with E-state index in [0.717, 1.165) is 42.5 Å². The van der Waals surface area contributed by atoms with Gasteiger partial charge >= 0.3 is 0 Å². The Bertz CT molecular complexity index is 1020. The lowest BCUT2D eigenvalue weighted by molar-refractivity contribution is 0.0984. The number of halogens is 1. The standard InChI is InChI=1S/C20H23N3O3S.ClH/c1-13-7-10-15(27(25,26)22-14-8-9-14)12-17(13)20(24)23-11-3-4-16-18(21)5-2-6-19(16)23;/h2,5-7,10,12,14,22H,3-4,8-9,11,21H2,1H3;1H. The lowest BCUT2D eigenvalue weighted by atomic mass is 9.98. The zero-order valence-electron chi connectivity index (χ0n) is 15.6. The Morgan fingerprint density at radius 3 is 2.68 bits per heavy atom. The predicted molar refractivity (Wildman–Crippen MR) is 113 cm³/mol. The fraction of sp³-hybridized carbons (Fsp3) is 0.350. The number of amides is 1. The summed E-state index contributed by atoms with van der Waals surface area (Å²) in [5.41, 5.74) is 9.72. The smallest absolute Gasteiger partial charge is 0.258 e. The van der Waals surface area contributed by atoms with Gasteiger partial charge in [0.05, 0.1) is 4.90 Å². The average Bonchev–Trinajstić information content (AvgIpc) is 3.44. The molecule has 0 spiro atoms. The van der Waals surface area contributed by atoms with Crippen LogP contribution in [0.3, 0.4) is 0 Å². The molecule has 0 unspecified atom stereocenters.